The minimum absolute atomic E-state index is 0.0253. The van der Waals surface area contributed by atoms with Gasteiger partial charge in [-0.15, -0.1) is 0 Å². The van der Waals surface area contributed by atoms with Crippen LogP contribution in [-0.4, -0.2) is 31.0 Å². The highest BCUT2D eigenvalue weighted by Crippen LogP contribution is 2.33. The van der Waals surface area contributed by atoms with Gasteiger partial charge in [0.1, 0.15) is 11.8 Å². The summed E-state index contributed by atoms with van der Waals surface area (Å²) in [4.78, 5) is 26.2. The van der Waals surface area contributed by atoms with E-state index < -0.39 is 6.04 Å². The van der Waals surface area contributed by atoms with E-state index >= 15 is 0 Å². The summed E-state index contributed by atoms with van der Waals surface area (Å²) in [6.07, 6.45) is 0.869. The van der Waals surface area contributed by atoms with Gasteiger partial charge in [0, 0.05) is 30.4 Å². The molecule has 0 fully saturated rings. The van der Waals surface area contributed by atoms with Crippen LogP contribution < -0.4 is 20.3 Å². The monoisotopic (exact) mass is 367 g/mol. The molecular formula is C21H25N3O3. The molecule has 1 aliphatic rings. The molecule has 0 unspecified atom stereocenters. The fraction of sp³-hybridized carbons (Fsp3) is 0.333. The summed E-state index contributed by atoms with van der Waals surface area (Å²) in [5.74, 6) is 0.395. The zero-order valence-corrected chi connectivity index (χ0v) is 16.1. The van der Waals surface area contributed by atoms with E-state index in [2.05, 4.69) is 23.6 Å². The standard InChI is InChI=1S/C21H25N3O3/c1-13-11-16-7-5-6-8-19(16)24(13)21(26)14(2)22-17-9-10-18(23-15(3)25)20(12-17)27-4/h5-10,12-14,22H,11H2,1-4H3,(H,23,25)/t13-,14+/m1/s1. The normalized spacial score (nSPS) is 16.4. The van der Waals surface area contributed by atoms with Gasteiger partial charge in [0.05, 0.1) is 12.8 Å². The number of para-hydroxylation sites is 1. The predicted molar refractivity (Wildman–Crippen MR) is 107 cm³/mol. The first-order valence-corrected chi connectivity index (χ1v) is 9.04. The fourth-order valence-corrected chi connectivity index (χ4v) is 3.50. The second-order valence-corrected chi connectivity index (χ2v) is 6.85. The number of carbonyl (C=O) groups is 2. The first-order valence-electron chi connectivity index (χ1n) is 9.04. The number of rotatable bonds is 5. The van der Waals surface area contributed by atoms with Crippen LogP contribution in [0.1, 0.15) is 26.3 Å². The number of nitrogens with zero attached hydrogens (tertiary/aromatic N) is 1. The number of anilines is 3. The molecule has 6 nitrogen and oxygen atoms in total. The Kier molecular flexibility index (Phi) is 5.35. The molecule has 0 aromatic heterocycles. The number of benzene rings is 2. The molecule has 0 bridgehead atoms. The Morgan fingerprint density at radius 1 is 1.22 bits per heavy atom. The van der Waals surface area contributed by atoms with E-state index in [9.17, 15) is 9.59 Å². The van der Waals surface area contributed by atoms with Crippen molar-refractivity contribution in [3.63, 3.8) is 0 Å². The molecule has 27 heavy (non-hydrogen) atoms. The molecule has 2 aromatic rings. The molecule has 0 radical (unpaired) electrons. The fourth-order valence-electron chi connectivity index (χ4n) is 3.50. The summed E-state index contributed by atoms with van der Waals surface area (Å²) < 4.78 is 5.34. The summed E-state index contributed by atoms with van der Waals surface area (Å²) >= 11 is 0. The van der Waals surface area contributed by atoms with Crippen LogP contribution in [0.4, 0.5) is 17.1 Å². The van der Waals surface area contributed by atoms with Gasteiger partial charge in [-0.3, -0.25) is 9.59 Å². The third-order valence-corrected chi connectivity index (χ3v) is 4.71. The summed E-state index contributed by atoms with van der Waals surface area (Å²) in [7, 11) is 1.54. The van der Waals surface area contributed by atoms with Crippen LogP contribution in [0, 0.1) is 0 Å². The number of ether oxygens (including phenoxy) is 1. The summed E-state index contributed by atoms with van der Waals surface area (Å²) in [5.41, 5.74) is 3.53. The lowest BCUT2D eigenvalue weighted by Gasteiger charge is -2.27. The van der Waals surface area contributed by atoms with Crippen LogP contribution in [0.3, 0.4) is 0 Å². The van der Waals surface area contributed by atoms with Crippen molar-refractivity contribution in [1.29, 1.82) is 0 Å². The van der Waals surface area contributed by atoms with Gasteiger partial charge in [-0.2, -0.15) is 0 Å². The van der Waals surface area contributed by atoms with E-state index in [1.54, 1.807) is 19.2 Å². The molecule has 2 aromatic carbocycles. The maximum Gasteiger partial charge on any atom is 0.249 e. The largest absolute Gasteiger partial charge is 0.494 e. The lowest BCUT2D eigenvalue weighted by Crippen LogP contribution is -2.44. The molecule has 1 heterocycles. The summed E-state index contributed by atoms with van der Waals surface area (Å²) in [6, 6.07) is 13.1. The van der Waals surface area contributed by atoms with E-state index in [1.807, 2.05) is 36.1 Å². The Balaban J connectivity index is 1.76. The van der Waals surface area contributed by atoms with Crippen molar-refractivity contribution in [3.8, 4) is 5.75 Å². The van der Waals surface area contributed by atoms with E-state index in [-0.39, 0.29) is 17.9 Å². The van der Waals surface area contributed by atoms with E-state index in [0.29, 0.717) is 11.4 Å². The van der Waals surface area contributed by atoms with Crippen molar-refractivity contribution in [2.75, 3.05) is 22.6 Å². The molecule has 0 saturated heterocycles. The van der Waals surface area contributed by atoms with Gasteiger partial charge in [-0.05, 0) is 44.0 Å². The van der Waals surface area contributed by atoms with Gasteiger partial charge in [-0.1, -0.05) is 18.2 Å². The number of hydrogen-bond donors (Lipinski definition) is 2. The van der Waals surface area contributed by atoms with Crippen LogP contribution in [-0.2, 0) is 16.0 Å². The molecule has 3 rings (SSSR count). The molecule has 0 spiro atoms. The van der Waals surface area contributed by atoms with E-state index in [1.165, 1.54) is 12.5 Å². The van der Waals surface area contributed by atoms with Crippen molar-refractivity contribution in [1.82, 2.24) is 0 Å². The molecule has 2 amide bonds. The molecule has 2 atom stereocenters. The number of fused-ring (bicyclic) bond motifs is 1. The molecule has 2 N–H and O–H groups in total. The molecule has 0 saturated carbocycles. The predicted octanol–water partition coefficient (Wildman–Crippen LogP) is 3.43. The van der Waals surface area contributed by atoms with Crippen LogP contribution in [0.25, 0.3) is 0 Å². The lowest BCUT2D eigenvalue weighted by atomic mass is 10.1. The third-order valence-electron chi connectivity index (χ3n) is 4.71. The minimum atomic E-state index is -0.407. The van der Waals surface area contributed by atoms with Gasteiger partial charge in [0.2, 0.25) is 11.8 Å². The second kappa shape index (κ2) is 7.70. The molecule has 0 aliphatic carbocycles. The molecular weight excluding hydrogens is 342 g/mol. The number of methoxy groups -OCH3 is 1. The highest BCUT2D eigenvalue weighted by atomic mass is 16.5. The van der Waals surface area contributed by atoms with Crippen molar-refractivity contribution < 1.29 is 14.3 Å². The van der Waals surface area contributed by atoms with Crippen LogP contribution in [0.15, 0.2) is 42.5 Å². The van der Waals surface area contributed by atoms with Crippen molar-refractivity contribution in [2.24, 2.45) is 0 Å². The summed E-state index contributed by atoms with van der Waals surface area (Å²) in [6.45, 7) is 5.36. The highest BCUT2D eigenvalue weighted by Gasteiger charge is 2.33. The van der Waals surface area contributed by atoms with Gasteiger partial charge in [0.15, 0.2) is 0 Å². The molecule has 1 aliphatic heterocycles. The first-order chi connectivity index (χ1) is 12.9. The Labute approximate surface area is 159 Å². The molecule has 6 heteroatoms. The lowest BCUT2D eigenvalue weighted by molar-refractivity contribution is -0.119. The number of nitrogens with one attached hydrogen (secondary N) is 2. The maximum atomic E-state index is 13.1. The molecule has 142 valence electrons. The number of hydrogen-bond acceptors (Lipinski definition) is 4. The van der Waals surface area contributed by atoms with Gasteiger partial charge in [-0.25, -0.2) is 0 Å². The zero-order valence-electron chi connectivity index (χ0n) is 16.1. The van der Waals surface area contributed by atoms with Gasteiger partial charge in [0.25, 0.3) is 0 Å². The van der Waals surface area contributed by atoms with Crippen molar-refractivity contribution in [2.45, 2.75) is 39.3 Å². The second-order valence-electron chi connectivity index (χ2n) is 6.85. The Morgan fingerprint density at radius 3 is 2.67 bits per heavy atom. The zero-order chi connectivity index (χ0) is 19.6. The van der Waals surface area contributed by atoms with Gasteiger partial charge < -0.3 is 20.3 Å². The maximum absolute atomic E-state index is 13.1. The minimum Gasteiger partial charge on any atom is -0.494 e. The highest BCUT2D eigenvalue weighted by molar-refractivity contribution is 6.01. The number of carbonyl (C=O) groups excluding carboxylic acids is 2. The van der Waals surface area contributed by atoms with Crippen molar-refractivity contribution in [3.05, 3.63) is 48.0 Å². The average molecular weight is 367 g/mol. The van der Waals surface area contributed by atoms with E-state index in [0.717, 1.165) is 17.8 Å². The SMILES string of the molecule is COc1cc(N[C@@H](C)C(=O)N2c3ccccc3C[C@H]2C)ccc1NC(C)=O. The van der Waals surface area contributed by atoms with E-state index in [4.69, 9.17) is 4.74 Å². The quantitative estimate of drug-likeness (QED) is 0.849. The van der Waals surface area contributed by atoms with Crippen molar-refractivity contribution >= 4 is 28.9 Å². The summed E-state index contributed by atoms with van der Waals surface area (Å²) in [5, 5.41) is 5.96. The Bertz CT molecular complexity index is 866. The Morgan fingerprint density at radius 2 is 1.96 bits per heavy atom. The third kappa shape index (κ3) is 3.89. The van der Waals surface area contributed by atoms with Gasteiger partial charge >= 0.3 is 0 Å². The van der Waals surface area contributed by atoms with Crippen LogP contribution >= 0.6 is 0 Å². The smallest absolute Gasteiger partial charge is 0.249 e. The van der Waals surface area contributed by atoms with Crippen LogP contribution in [0.2, 0.25) is 0 Å². The average Bonchev–Trinajstić information content (AvgIpc) is 2.97. The van der Waals surface area contributed by atoms with Crippen LogP contribution in [0.5, 0.6) is 5.75 Å². The number of amides is 2. The Hall–Kier alpha value is -3.02. The first kappa shape index (κ1) is 18.8. The topological polar surface area (TPSA) is 70.7 Å².